The number of nitrogens with one attached hydrogen (secondary N) is 1. The Balaban J connectivity index is 3.35. The van der Waals surface area contributed by atoms with E-state index in [-0.39, 0.29) is 6.54 Å². The minimum Gasteiger partial charge on any atom is -0.349 e. The van der Waals surface area contributed by atoms with Gasteiger partial charge in [-0.3, -0.25) is 14.9 Å². The standard InChI is InChI=1S/C4H9N3O3/c5-1-2-6-4(8)3-7(9)10/h1-3,5H2,(H,6,8). The monoisotopic (exact) mass is 147 g/mol. The van der Waals surface area contributed by atoms with Crippen molar-refractivity contribution in [3.63, 3.8) is 0 Å². The van der Waals surface area contributed by atoms with Gasteiger partial charge in [-0.1, -0.05) is 0 Å². The van der Waals surface area contributed by atoms with Gasteiger partial charge in [0.25, 0.3) is 12.5 Å². The third-order valence-electron chi connectivity index (χ3n) is 0.739. The molecule has 0 aliphatic heterocycles. The van der Waals surface area contributed by atoms with E-state index in [1.807, 2.05) is 0 Å². The topological polar surface area (TPSA) is 98.3 Å². The molecule has 0 unspecified atom stereocenters. The van der Waals surface area contributed by atoms with Crippen LogP contribution >= 0.6 is 0 Å². The van der Waals surface area contributed by atoms with Crippen LogP contribution in [0.4, 0.5) is 0 Å². The van der Waals surface area contributed by atoms with Crippen molar-refractivity contribution in [1.29, 1.82) is 0 Å². The second-order valence-corrected chi connectivity index (χ2v) is 1.63. The summed E-state index contributed by atoms with van der Waals surface area (Å²) in [5.41, 5.74) is 5.02. The summed E-state index contributed by atoms with van der Waals surface area (Å²) in [6, 6.07) is 0. The molecule has 0 spiro atoms. The Kier molecular flexibility index (Phi) is 4.14. The third-order valence-corrected chi connectivity index (χ3v) is 0.739. The molecule has 0 aromatic rings. The first kappa shape index (κ1) is 8.83. The molecule has 0 rings (SSSR count). The smallest absolute Gasteiger partial charge is 0.291 e. The highest BCUT2D eigenvalue weighted by molar-refractivity contribution is 5.76. The summed E-state index contributed by atoms with van der Waals surface area (Å²) in [5.74, 6) is -0.601. The highest BCUT2D eigenvalue weighted by Gasteiger charge is 2.06. The Labute approximate surface area is 57.5 Å². The van der Waals surface area contributed by atoms with Crippen LogP contribution in [0, 0.1) is 10.1 Å². The van der Waals surface area contributed by atoms with E-state index in [9.17, 15) is 14.9 Å². The maximum Gasteiger partial charge on any atom is 0.291 e. The molecule has 1 amide bonds. The fourth-order valence-electron chi connectivity index (χ4n) is 0.385. The lowest BCUT2D eigenvalue weighted by atomic mass is 10.5. The molecule has 0 aliphatic carbocycles. The normalized spacial score (nSPS) is 8.90. The van der Waals surface area contributed by atoms with Gasteiger partial charge >= 0.3 is 0 Å². The van der Waals surface area contributed by atoms with Gasteiger partial charge in [-0.15, -0.1) is 0 Å². The molecule has 58 valence electrons. The Morgan fingerprint density at radius 2 is 2.30 bits per heavy atom. The maximum absolute atomic E-state index is 10.4. The van der Waals surface area contributed by atoms with Crippen molar-refractivity contribution in [3.8, 4) is 0 Å². The molecule has 0 aromatic carbocycles. The van der Waals surface area contributed by atoms with E-state index in [2.05, 4.69) is 5.32 Å². The second-order valence-electron chi connectivity index (χ2n) is 1.63. The number of nitrogens with zero attached hydrogens (tertiary/aromatic N) is 1. The van der Waals surface area contributed by atoms with Crippen molar-refractivity contribution in [2.75, 3.05) is 19.6 Å². The lowest BCUT2D eigenvalue weighted by Gasteiger charge is -1.96. The van der Waals surface area contributed by atoms with Gasteiger partial charge in [-0.25, -0.2) is 0 Å². The quantitative estimate of drug-likeness (QED) is 0.367. The van der Waals surface area contributed by atoms with Gasteiger partial charge in [0.05, 0.1) is 0 Å². The van der Waals surface area contributed by atoms with E-state index in [4.69, 9.17) is 5.73 Å². The van der Waals surface area contributed by atoms with E-state index in [1.165, 1.54) is 0 Å². The molecule has 0 aliphatic rings. The van der Waals surface area contributed by atoms with Gasteiger partial charge in [-0.2, -0.15) is 0 Å². The zero-order valence-electron chi connectivity index (χ0n) is 5.37. The lowest BCUT2D eigenvalue weighted by Crippen LogP contribution is -2.33. The highest BCUT2D eigenvalue weighted by atomic mass is 16.6. The first-order valence-corrected chi connectivity index (χ1v) is 2.75. The molecule has 0 bridgehead atoms. The fourth-order valence-corrected chi connectivity index (χ4v) is 0.385. The summed E-state index contributed by atoms with van der Waals surface area (Å²) in [7, 11) is 0. The van der Waals surface area contributed by atoms with E-state index in [0.717, 1.165) is 0 Å². The molecule has 0 radical (unpaired) electrons. The molecule has 6 nitrogen and oxygen atoms in total. The van der Waals surface area contributed by atoms with Gasteiger partial charge in [0, 0.05) is 18.0 Å². The highest BCUT2D eigenvalue weighted by Crippen LogP contribution is 1.68. The van der Waals surface area contributed by atoms with Gasteiger partial charge in [0.15, 0.2) is 0 Å². The van der Waals surface area contributed by atoms with Crippen molar-refractivity contribution < 1.29 is 9.72 Å². The number of hydrogen-bond acceptors (Lipinski definition) is 4. The number of nitro groups is 1. The molecule has 6 heteroatoms. The minimum atomic E-state index is -0.689. The van der Waals surface area contributed by atoms with Crippen molar-refractivity contribution in [1.82, 2.24) is 5.32 Å². The zero-order chi connectivity index (χ0) is 7.98. The van der Waals surface area contributed by atoms with E-state index in [1.54, 1.807) is 0 Å². The number of carbonyl (C=O) groups excluding carboxylic acids is 1. The molecule has 0 atom stereocenters. The van der Waals surface area contributed by atoms with E-state index < -0.39 is 17.4 Å². The lowest BCUT2D eigenvalue weighted by molar-refractivity contribution is -0.467. The Hall–Kier alpha value is -1.17. The predicted octanol–water partition coefficient (Wildman–Crippen LogP) is -1.66. The Bertz CT molecular complexity index is 136. The summed E-state index contributed by atoms with van der Waals surface area (Å²) in [6.45, 7) is -0.101. The Morgan fingerprint density at radius 3 is 2.70 bits per heavy atom. The summed E-state index contributed by atoms with van der Waals surface area (Å²) in [4.78, 5) is 19.4. The molecule has 3 N–H and O–H groups in total. The summed E-state index contributed by atoms with van der Waals surface area (Å²) in [5, 5.41) is 11.9. The van der Waals surface area contributed by atoms with Crippen LogP contribution in [-0.2, 0) is 4.79 Å². The van der Waals surface area contributed by atoms with Crippen LogP contribution in [0.15, 0.2) is 0 Å². The number of amides is 1. The number of nitrogens with two attached hydrogens (primary N) is 1. The average Bonchev–Trinajstić information content (AvgIpc) is 1.82. The zero-order valence-corrected chi connectivity index (χ0v) is 5.37. The van der Waals surface area contributed by atoms with Crippen LogP contribution in [0.25, 0.3) is 0 Å². The molecule has 0 fully saturated rings. The fraction of sp³-hybridized carbons (Fsp3) is 0.750. The van der Waals surface area contributed by atoms with Crippen LogP contribution in [0.3, 0.4) is 0 Å². The molecule has 0 aromatic heterocycles. The maximum atomic E-state index is 10.4. The average molecular weight is 147 g/mol. The van der Waals surface area contributed by atoms with Crippen molar-refractivity contribution >= 4 is 5.91 Å². The van der Waals surface area contributed by atoms with Crippen molar-refractivity contribution in [3.05, 3.63) is 10.1 Å². The largest absolute Gasteiger partial charge is 0.349 e. The minimum absolute atomic E-state index is 0.284. The molecule has 0 saturated heterocycles. The number of rotatable bonds is 4. The molecular formula is C4H9N3O3. The van der Waals surface area contributed by atoms with Crippen LogP contribution in [-0.4, -0.2) is 30.5 Å². The first-order chi connectivity index (χ1) is 4.66. The summed E-state index contributed by atoms with van der Waals surface area (Å²) < 4.78 is 0. The molecule has 0 heterocycles. The van der Waals surface area contributed by atoms with E-state index >= 15 is 0 Å². The predicted molar refractivity (Wildman–Crippen MR) is 33.9 cm³/mol. The number of carbonyl (C=O) groups is 1. The molecular weight excluding hydrogens is 138 g/mol. The van der Waals surface area contributed by atoms with Crippen LogP contribution in [0.2, 0.25) is 0 Å². The first-order valence-electron chi connectivity index (χ1n) is 2.75. The molecule has 10 heavy (non-hydrogen) atoms. The van der Waals surface area contributed by atoms with Crippen LogP contribution in [0.5, 0.6) is 0 Å². The molecule has 0 saturated carbocycles. The van der Waals surface area contributed by atoms with Crippen molar-refractivity contribution in [2.45, 2.75) is 0 Å². The van der Waals surface area contributed by atoms with Gasteiger partial charge in [-0.05, 0) is 0 Å². The Morgan fingerprint density at radius 1 is 1.70 bits per heavy atom. The van der Waals surface area contributed by atoms with Crippen LogP contribution < -0.4 is 11.1 Å². The van der Waals surface area contributed by atoms with E-state index in [0.29, 0.717) is 6.54 Å². The third kappa shape index (κ3) is 4.98. The van der Waals surface area contributed by atoms with Gasteiger partial charge < -0.3 is 11.1 Å². The van der Waals surface area contributed by atoms with Gasteiger partial charge in [0.1, 0.15) is 0 Å². The van der Waals surface area contributed by atoms with Crippen molar-refractivity contribution in [2.24, 2.45) is 5.73 Å². The summed E-state index contributed by atoms with van der Waals surface area (Å²) in [6.07, 6.45) is 0. The SMILES string of the molecule is NCCNC(=O)C[N+](=O)[O-]. The van der Waals surface area contributed by atoms with Gasteiger partial charge in [0.2, 0.25) is 0 Å². The van der Waals surface area contributed by atoms with Crippen LogP contribution in [0.1, 0.15) is 0 Å². The summed E-state index contributed by atoms with van der Waals surface area (Å²) >= 11 is 0. The number of hydrogen-bond donors (Lipinski definition) is 2. The second kappa shape index (κ2) is 4.68.